The first-order valence-corrected chi connectivity index (χ1v) is 4.79. The minimum absolute atomic E-state index is 0.0314. The number of methoxy groups -OCH3 is 1. The number of benzene rings is 1. The summed E-state index contributed by atoms with van der Waals surface area (Å²) in [4.78, 5) is 3.78. The van der Waals surface area contributed by atoms with Crippen LogP contribution in [0.4, 0.5) is 13.2 Å². The fourth-order valence-corrected chi connectivity index (χ4v) is 1.58. The maximum absolute atomic E-state index is 13.5. The van der Waals surface area contributed by atoms with Gasteiger partial charge < -0.3 is 10.5 Å². The molecule has 0 aliphatic rings. The van der Waals surface area contributed by atoms with Gasteiger partial charge in [-0.3, -0.25) is 0 Å². The number of nitrogens with two attached hydrogens (primary N) is 1. The van der Waals surface area contributed by atoms with Crippen LogP contribution in [0.15, 0.2) is 12.1 Å². The van der Waals surface area contributed by atoms with Crippen LogP contribution >= 0.6 is 0 Å². The molecule has 2 aromatic rings. The van der Waals surface area contributed by atoms with E-state index in [-0.39, 0.29) is 23.3 Å². The number of nitrogens with zero attached hydrogens (tertiary/aromatic N) is 1. The second-order valence-electron chi connectivity index (χ2n) is 3.41. The molecule has 2 N–H and O–H groups in total. The van der Waals surface area contributed by atoms with Gasteiger partial charge in [-0.2, -0.15) is 0 Å². The van der Waals surface area contributed by atoms with E-state index >= 15 is 0 Å². The maximum Gasteiger partial charge on any atom is 0.218 e. The van der Waals surface area contributed by atoms with Crippen molar-refractivity contribution in [2.45, 2.75) is 6.54 Å². The Hall–Kier alpha value is -1.82. The number of ether oxygens (including phenoxy) is 1. The zero-order chi connectivity index (χ0) is 12.6. The molecule has 0 radical (unpaired) electrons. The first-order valence-electron chi connectivity index (χ1n) is 4.79. The molecule has 17 heavy (non-hydrogen) atoms. The van der Waals surface area contributed by atoms with Crippen LogP contribution < -0.4 is 10.5 Å². The molecule has 1 aromatic heterocycles. The summed E-state index contributed by atoms with van der Waals surface area (Å²) in [5.74, 6) is -3.25. The van der Waals surface area contributed by atoms with Crippen LogP contribution in [-0.4, -0.2) is 12.1 Å². The Morgan fingerprint density at radius 1 is 1.24 bits per heavy atom. The molecule has 0 aliphatic carbocycles. The Morgan fingerprint density at radius 3 is 2.53 bits per heavy atom. The Morgan fingerprint density at radius 2 is 1.94 bits per heavy atom. The molecule has 2 rings (SSSR count). The average Bonchev–Trinajstić information content (AvgIpc) is 2.34. The molecule has 90 valence electrons. The molecule has 1 aromatic carbocycles. The van der Waals surface area contributed by atoms with Gasteiger partial charge >= 0.3 is 0 Å². The molecule has 0 saturated carbocycles. The van der Waals surface area contributed by atoms with E-state index in [1.54, 1.807) is 0 Å². The summed E-state index contributed by atoms with van der Waals surface area (Å²) in [6.07, 6.45) is 0. The molecule has 1 heterocycles. The highest BCUT2D eigenvalue weighted by Gasteiger charge is 2.16. The van der Waals surface area contributed by atoms with E-state index in [1.165, 1.54) is 13.2 Å². The van der Waals surface area contributed by atoms with Gasteiger partial charge in [0.25, 0.3) is 0 Å². The Labute approximate surface area is 95.0 Å². The third-order valence-electron chi connectivity index (χ3n) is 2.40. The molecule has 0 unspecified atom stereocenters. The van der Waals surface area contributed by atoms with E-state index in [2.05, 4.69) is 4.98 Å². The number of fused-ring (bicyclic) bond motifs is 1. The molecule has 0 aliphatic heterocycles. The van der Waals surface area contributed by atoms with Gasteiger partial charge in [0.2, 0.25) is 5.88 Å². The van der Waals surface area contributed by atoms with E-state index in [1.807, 2.05) is 0 Å². The fraction of sp³-hybridized carbons (Fsp3) is 0.182. The first kappa shape index (κ1) is 11.7. The summed E-state index contributed by atoms with van der Waals surface area (Å²) < 4.78 is 44.8. The van der Waals surface area contributed by atoms with Crippen LogP contribution in [0.3, 0.4) is 0 Å². The number of hydrogen-bond acceptors (Lipinski definition) is 3. The highest BCUT2D eigenvalue weighted by Crippen LogP contribution is 2.27. The van der Waals surface area contributed by atoms with Gasteiger partial charge in [0.05, 0.1) is 7.11 Å². The number of rotatable bonds is 2. The summed E-state index contributed by atoms with van der Waals surface area (Å²) in [6, 6.07) is 1.69. The Bertz CT molecular complexity index is 587. The van der Waals surface area contributed by atoms with Gasteiger partial charge in [-0.05, 0) is 6.07 Å². The molecule has 0 saturated heterocycles. The van der Waals surface area contributed by atoms with Crippen molar-refractivity contribution in [1.82, 2.24) is 4.98 Å². The highest BCUT2D eigenvalue weighted by atomic mass is 19.2. The van der Waals surface area contributed by atoms with Crippen LogP contribution in [-0.2, 0) is 6.54 Å². The average molecular weight is 242 g/mol. The molecule has 3 nitrogen and oxygen atoms in total. The van der Waals surface area contributed by atoms with Crippen molar-refractivity contribution in [3.05, 3.63) is 35.1 Å². The normalized spacial score (nSPS) is 10.9. The first-order chi connectivity index (χ1) is 8.08. The molecule has 6 heteroatoms. The van der Waals surface area contributed by atoms with Crippen molar-refractivity contribution in [3.8, 4) is 5.88 Å². The van der Waals surface area contributed by atoms with Gasteiger partial charge in [0.1, 0.15) is 5.52 Å². The molecule has 0 atom stereocenters. The smallest absolute Gasteiger partial charge is 0.218 e. The predicted molar refractivity (Wildman–Crippen MR) is 56.1 cm³/mol. The number of halogens is 3. The monoisotopic (exact) mass is 242 g/mol. The maximum atomic E-state index is 13.5. The molecule has 0 fully saturated rings. The van der Waals surface area contributed by atoms with Gasteiger partial charge in [0, 0.05) is 23.6 Å². The minimum Gasteiger partial charge on any atom is -0.481 e. The van der Waals surface area contributed by atoms with Crippen molar-refractivity contribution in [3.63, 3.8) is 0 Å². The van der Waals surface area contributed by atoms with Crippen LogP contribution in [0.25, 0.3) is 10.9 Å². The number of hydrogen-bond donors (Lipinski definition) is 1. The van der Waals surface area contributed by atoms with Crippen LogP contribution in [0.1, 0.15) is 5.56 Å². The second kappa shape index (κ2) is 4.21. The summed E-state index contributed by atoms with van der Waals surface area (Å²) in [5.41, 5.74) is 5.51. The number of aromatic nitrogens is 1. The Balaban J connectivity index is 2.87. The van der Waals surface area contributed by atoms with Crippen LogP contribution in [0.5, 0.6) is 5.88 Å². The van der Waals surface area contributed by atoms with Crippen molar-refractivity contribution >= 4 is 10.9 Å². The Kier molecular flexibility index (Phi) is 2.89. The molecule has 0 bridgehead atoms. The van der Waals surface area contributed by atoms with E-state index in [0.717, 1.165) is 0 Å². The predicted octanol–water partition coefficient (Wildman–Crippen LogP) is 2.12. The lowest BCUT2D eigenvalue weighted by atomic mass is 10.1. The molecular formula is C11H9F3N2O. The standard InChI is InChI=1S/C11H9F3N2O/c1-17-11-5(4-15)2-6-9(14)7(12)3-8(13)10(6)16-11/h2-3H,4,15H2,1H3. The molecule has 0 amide bonds. The van der Waals surface area contributed by atoms with Crippen LogP contribution in [0, 0.1) is 17.5 Å². The number of pyridine rings is 1. The minimum atomic E-state index is -1.26. The van der Waals surface area contributed by atoms with E-state index < -0.39 is 17.5 Å². The van der Waals surface area contributed by atoms with Gasteiger partial charge in [0.15, 0.2) is 17.5 Å². The van der Waals surface area contributed by atoms with Gasteiger partial charge in [-0.15, -0.1) is 0 Å². The SMILES string of the molecule is COc1nc2c(F)cc(F)c(F)c2cc1CN. The highest BCUT2D eigenvalue weighted by molar-refractivity contribution is 5.81. The van der Waals surface area contributed by atoms with E-state index in [9.17, 15) is 13.2 Å². The molecule has 0 spiro atoms. The fourth-order valence-electron chi connectivity index (χ4n) is 1.58. The summed E-state index contributed by atoms with van der Waals surface area (Å²) in [6.45, 7) is 0.0314. The lowest BCUT2D eigenvalue weighted by Gasteiger charge is -2.09. The van der Waals surface area contributed by atoms with E-state index in [4.69, 9.17) is 10.5 Å². The molecular weight excluding hydrogens is 233 g/mol. The lowest BCUT2D eigenvalue weighted by molar-refractivity contribution is 0.393. The zero-order valence-corrected chi connectivity index (χ0v) is 8.93. The van der Waals surface area contributed by atoms with Crippen LogP contribution in [0.2, 0.25) is 0 Å². The zero-order valence-electron chi connectivity index (χ0n) is 8.93. The van der Waals surface area contributed by atoms with Crippen molar-refractivity contribution in [1.29, 1.82) is 0 Å². The van der Waals surface area contributed by atoms with Crippen molar-refractivity contribution < 1.29 is 17.9 Å². The third-order valence-corrected chi connectivity index (χ3v) is 2.40. The van der Waals surface area contributed by atoms with Crippen molar-refractivity contribution in [2.24, 2.45) is 5.73 Å². The van der Waals surface area contributed by atoms with Gasteiger partial charge in [-0.1, -0.05) is 0 Å². The van der Waals surface area contributed by atoms with Crippen molar-refractivity contribution in [2.75, 3.05) is 7.11 Å². The largest absolute Gasteiger partial charge is 0.481 e. The topological polar surface area (TPSA) is 48.1 Å². The lowest BCUT2D eigenvalue weighted by Crippen LogP contribution is -2.04. The summed E-state index contributed by atoms with van der Waals surface area (Å²) in [7, 11) is 1.34. The summed E-state index contributed by atoms with van der Waals surface area (Å²) >= 11 is 0. The summed E-state index contributed by atoms with van der Waals surface area (Å²) in [5, 5.41) is -0.247. The second-order valence-corrected chi connectivity index (χ2v) is 3.41. The van der Waals surface area contributed by atoms with E-state index in [0.29, 0.717) is 11.6 Å². The van der Waals surface area contributed by atoms with Gasteiger partial charge in [-0.25, -0.2) is 18.2 Å². The third kappa shape index (κ3) is 1.80. The quantitative estimate of drug-likeness (QED) is 0.820.